The van der Waals surface area contributed by atoms with Gasteiger partial charge in [-0.05, 0) is 114 Å². The first kappa shape index (κ1) is 56.8. The molecule has 8 rings (SSSR count). The third-order valence-electron chi connectivity index (χ3n) is 15.6. The first-order chi connectivity index (χ1) is 37.6. The number of likely N-dealkylation sites (N-methyl/N-ethyl adjacent to an activating group) is 2. The summed E-state index contributed by atoms with van der Waals surface area (Å²) in [5.74, 6) is -1.19. The van der Waals surface area contributed by atoms with Gasteiger partial charge in [-0.2, -0.15) is 0 Å². The van der Waals surface area contributed by atoms with E-state index in [1.165, 1.54) is 0 Å². The summed E-state index contributed by atoms with van der Waals surface area (Å²) in [6.45, 7) is 13.5. The molecule has 414 valence electrons. The highest BCUT2D eigenvalue weighted by atomic mass is 16.2. The van der Waals surface area contributed by atoms with Crippen LogP contribution in [0.15, 0.2) is 97.8 Å². The number of nitrogens with one attached hydrogen (secondary N) is 6. The number of unbranched alkanes of at least 4 members (excludes halogenated alkanes) is 3. The van der Waals surface area contributed by atoms with Crippen LogP contribution in [0, 0.1) is 11.8 Å². The number of carbonyl (C=O) groups is 6. The highest BCUT2D eigenvalue weighted by Gasteiger charge is 2.38. The van der Waals surface area contributed by atoms with Crippen molar-refractivity contribution in [2.75, 3.05) is 40.3 Å². The van der Waals surface area contributed by atoms with E-state index in [9.17, 15) is 28.8 Å². The van der Waals surface area contributed by atoms with Gasteiger partial charge in [0, 0.05) is 61.7 Å². The van der Waals surface area contributed by atoms with Gasteiger partial charge in [0.05, 0.1) is 70.1 Å². The van der Waals surface area contributed by atoms with E-state index < -0.39 is 24.2 Å². The average molecular weight is 1060 g/mol. The van der Waals surface area contributed by atoms with Crippen molar-refractivity contribution in [1.82, 2.24) is 60.8 Å². The minimum Gasteiger partial charge on any atom is -0.352 e. The molecule has 0 unspecified atom stereocenters. The first-order valence-electron chi connectivity index (χ1n) is 27.8. The van der Waals surface area contributed by atoms with Crippen molar-refractivity contribution in [3.8, 4) is 11.4 Å². The lowest BCUT2D eigenvalue weighted by molar-refractivity contribution is -0.139. The Hall–Kier alpha value is -7.44. The zero-order valence-electron chi connectivity index (χ0n) is 46.5. The fourth-order valence-electron chi connectivity index (χ4n) is 10.8. The van der Waals surface area contributed by atoms with Crippen molar-refractivity contribution in [3.63, 3.8) is 0 Å². The molecule has 0 radical (unpaired) electrons. The van der Waals surface area contributed by atoms with Crippen molar-refractivity contribution in [1.29, 1.82) is 0 Å². The van der Waals surface area contributed by atoms with Crippen LogP contribution in [-0.4, -0.2) is 129 Å². The van der Waals surface area contributed by atoms with Crippen LogP contribution in [0.1, 0.15) is 137 Å². The van der Waals surface area contributed by atoms with Crippen LogP contribution in [0.5, 0.6) is 0 Å². The third kappa shape index (κ3) is 12.6. The van der Waals surface area contributed by atoms with Crippen LogP contribution < -0.4 is 31.9 Å². The van der Waals surface area contributed by atoms with E-state index in [1.807, 2.05) is 120 Å². The van der Waals surface area contributed by atoms with Gasteiger partial charge in [0.25, 0.3) is 11.8 Å². The molecule has 4 aromatic heterocycles. The van der Waals surface area contributed by atoms with E-state index in [0.717, 1.165) is 95.7 Å². The summed E-state index contributed by atoms with van der Waals surface area (Å²) in [5.41, 5.74) is 6.18. The van der Waals surface area contributed by atoms with Gasteiger partial charge in [-0.1, -0.05) is 76.9 Å². The number of hydrogen-bond acceptors (Lipinski definition) is 10. The van der Waals surface area contributed by atoms with Gasteiger partial charge in [0.1, 0.15) is 12.1 Å². The normalized spacial score (nSPS) is 17.1. The van der Waals surface area contributed by atoms with Crippen LogP contribution in [-0.2, 0) is 19.2 Å². The second kappa shape index (κ2) is 25.8. The maximum atomic E-state index is 14.0. The number of hydrogen-bond donors (Lipinski definition) is 6. The Balaban J connectivity index is 0.842. The monoisotopic (exact) mass is 1060 g/mol. The number of benzene rings is 2. The van der Waals surface area contributed by atoms with Crippen LogP contribution in [0.2, 0.25) is 0 Å². The fourth-order valence-corrected chi connectivity index (χ4v) is 10.8. The minimum absolute atomic E-state index is 0.103. The van der Waals surface area contributed by atoms with Crippen molar-refractivity contribution in [2.24, 2.45) is 11.8 Å². The van der Waals surface area contributed by atoms with E-state index in [2.05, 4.69) is 41.9 Å². The fraction of sp³-hybridized carbons (Fsp3) is 0.467. The summed E-state index contributed by atoms with van der Waals surface area (Å²) in [6, 6.07) is 17.1. The lowest BCUT2D eigenvalue weighted by Crippen LogP contribution is -2.54. The predicted octanol–water partition coefficient (Wildman–Crippen LogP) is 6.91. The second-order valence-corrected chi connectivity index (χ2v) is 21.6. The number of rotatable bonds is 23. The number of para-hydroxylation sites is 2. The molecule has 6 atom stereocenters. The largest absolute Gasteiger partial charge is 0.352 e. The molecule has 0 aliphatic carbocycles. The van der Waals surface area contributed by atoms with Gasteiger partial charge < -0.3 is 50.8 Å². The predicted molar refractivity (Wildman–Crippen MR) is 303 cm³/mol. The number of pyridine rings is 2. The Morgan fingerprint density at radius 1 is 0.551 bits per heavy atom. The molecule has 2 saturated heterocycles. The Kier molecular flexibility index (Phi) is 18.8. The smallest absolute Gasteiger partial charge is 0.253 e. The molecule has 2 fully saturated rings. The number of carbonyl (C=O) groups excluding carboxylic acids is 6. The topological polar surface area (TPSA) is 217 Å². The number of aromatic nitrogens is 4. The number of likely N-dealkylation sites (tertiary alicyclic amines) is 2. The van der Waals surface area contributed by atoms with E-state index in [1.54, 1.807) is 52.7 Å². The van der Waals surface area contributed by atoms with Crippen molar-refractivity contribution in [2.45, 2.75) is 129 Å². The second-order valence-electron chi connectivity index (χ2n) is 21.6. The Morgan fingerprint density at radius 2 is 0.949 bits per heavy atom. The van der Waals surface area contributed by atoms with Crippen molar-refractivity contribution in [3.05, 3.63) is 120 Å². The molecule has 6 N–H and O–H groups in total. The molecule has 6 aromatic rings. The van der Waals surface area contributed by atoms with Gasteiger partial charge in [-0.3, -0.25) is 38.7 Å². The van der Waals surface area contributed by atoms with E-state index in [0.29, 0.717) is 37.3 Å². The van der Waals surface area contributed by atoms with Crippen LogP contribution in [0.3, 0.4) is 0 Å². The minimum atomic E-state index is -0.659. The van der Waals surface area contributed by atoms with Gasteiger partial charge in [0.15, 0.2) is 0 Å². The van der Waals surface area contributed by atoms with Gasteiger partial charge >= 0.3 is 0 Å². The van der Waals surface area contributed by atoms with E-state index >= 15 is 0 Å². The summed E-state index contributed by atoms with van der Waals surface area (Å²) in [4.78, 5) is 94.3. The van der Waals surface area contributed by atoms with Crippen LogP contribution >= 0.6 is 0 Å². The van der Waals surface area contributed by atoms with Crippen LogP contribution in [0.25, 0.3) is 33.2 Å². The maximum absolute atomic E-state index is 14.0. The molecule has 78 heavy (non-hydrogen) atoms. The van der Waals surface area contributed by atoms with Crippen LogP contribution in [0.4, 0.5) is 0 Å². The standard InChI is InChI=1S/C60H78N12O6/c1-37(2)53(67-55(73)39(5)61-7)59(77)69-27-17-23-49(69)41-29-43(33-63-31-41)71-35-47(45-19-11-13-21-51(45)71)57(75)65-25-15-9-10-16-26-66-58(76)48-36-72(52-22-14-12-20-46(48)52)44-30-42(32-64-34-44)50-24-18-28-70(50)60(78)54(38(3)4)68-56(74)40(6)62-8/h11-14,19-22,29-40,49-50,53-54,61-62H,9-10,15-18,23-28H2,1-8H3,(H,65,75)(H,66,76)(H,67,73)(H,68,74)/t39-,40-,49-,50-,53-,54-/m0/s1. The first-order valence-corrected chi connectivity index (χ1v) is 27.8. The highest BCUT2D eigenvalue weighted by Crippen LogP contribution is 2.36. The van der Waals surface area contributed by atoms with Gasteiger partial charge in [-0.25, -0.2) is 0 Å². The molecule has 2 aromatic carbocycles. The summed E-state index contributed by atoms with van der Waals surface area (Å²) < 4.78 is 3.96. The molecular weight excluding hydrogens is 985 g/mol. The molecular formula is C60H78N12O6. The molecule has 2 aliphatic rings. The number of nitrogens with zero attached hydrogens (tertiary/aromatic N) is 6. The SMILES string of the molecule is CN[C@@H](C)C(=O)N[C@H](C(=O)N1CCC[C@H]1c1cncc(-n2cc(C(=O)NCCCCCCNC(=O)c3cn(-c4cncc([C@@H]5CCCN5C(=O)[C@@H](NC(=O)[C@H](C)NC)C(C)C)c4)c4ccccc34)c3ccccc32)c1)C(C)C. The molecule has 18 nitrogen and oxygen atoms in total. The molecule has 2 aliphatic heterocycles. The summed E-state index contributed by atoms with van der Waals surface area (Å²) >= 11 is 0. The molecule has 0 spiro atoms. The lowest BCUT2D eigenvalue weighted by Gasteiger charge is -2.32. The quantitative estimate of drug-likeness (QED) is 0.0365. The zero-order valence-corrected chi connectivity index (χ0v) is 46.5. The van der Waals surface area contributed by atoms with Crippen molar-refractivity contribution < 1.29 is 28.8 Å². The maximum Gasteiger partial charge on any atom is 0.253 e. The van der Waals surface area contributed by atoms with E-state index in [4.69, 9.17) is 0 Å². The molecule has 18 heteroatoms. The van der Waals surface area contributed by atoms with Crippen molar-refractivity contribution >= 4 is 57.2 Å². The highest BCUT2D eigenvalue weighted by molar-refractivity contribution is 6.08. The Bertz CT molecular complexity index is 2900. The molecule has 6 amide bonds. The lowest BCUT2D eigenvalue weighted by atomic mass is 10.00. The summed E-state index contributed by atoms with van der Waals surface area (Å²) in [6.07, 6.45) is 17.3. The summed E-state index contributed by atoms with van der Waals surface area (Å²) in [5, 5.41) is 19.7. The number of fused-ring (bicyclic) bond motifs is 2. The Morgan fingerprint density at radius 3 is 1.33 bits per heavy atom. The van der Waals surface area contributed by atoms with E-state index in [-0.39, 0.29) is 59.4 Å². The molecule has 0 saturated carbocycles. The average Bonchev–Trinajstić information content (AvgIpc) is 4.36. The van der Waals surface area contributed by atoms with Gasteiger partial charge in [0.2, 0.25) is 23.6 Å². The Labute approximate surface area is 457 Å². The molecule has 0 bridgehead atoms. The van der Waals surface area contributed by atoms with Gasteiger partial charge in [-0.15, -0.1) is 0 Å². The molecule has 6 heterocycles. The number of amides is 6. The summed E-state index contributed by atoms with van der Waals surface area (Å²) in [7, 11) is 3.43. The zero-order chi connectivity index (χ0) is 55.6. The third-order valence-corrected chi connectivity index (χ3v) is 15.6.